The van der Waals surface area contributed by atoms with Crippen molar-refractivity contribution in [3.63, 3.8) is 0 Å². The molecule has 2 nitrogen and oxygen atoms in total. The second kappa shape index (κ2) is 9.72. The van der Waals surface area contributed by atoms with Crippen LogP contribution in [0, 0.1) is 0 Å². The molecule has 2 heterocycles. The SMILES string of the molecule is CC(C)(C)c1cccc2c1oc1c(-c3ccc4c(c3)-c3cc(-c5cccc6c5oc5c(C(C)(C)C)cccc56)ccc3C4)cccc12. The van der Waals surface area contributed by atoms with Crippen LogP contribution in [0.2, 0.25) is 0 Å². The van der Waals surface area contributed by atoms with E-state index in [9.17, 15) is 0 Å². The Morgan fingerprint density at radius 1 is 0.404 bits per heavy atom. The summed E-state index contributed by atoms with van der Waals surface area (Å²) in [5.41, 5.74) is 16.3. The van der Waals surface area contributed by atoms with E-state index in [1.54, 1.807) is 0 Å². The Balaban J connectivity index is 1.19. The summed E-state index contributed by atoms with van der Waals surface area (Å²) in [5.74, 6) is 0. The molecule has 0 fully saturated rings. The lowest BCUT2D eigenvalue weighted by molar-refractivity contribution is 0.572. The fourth-order valence-electron chi connectivity index (χ4n) is 7.78. The molecule has 8 aromatic rings. The van der Waals surface area contributed by atoms with Gasteiger partial charge in [-0.15, -0.1) is 0 Å². The second-order valence-corrected chi connectivity index (χ2v) is 15.4. The first-order valence-electron chi connectivity index (χ1n) is 16.7. The van der Waals surface area contributed by atoms with Gasteiger partial charge in [0.1, 0.15) is 22.3 Å². The highest BCUT2D eigenvalue weighted by Gasteiger charge is 2.25. The minimum atomic E-state index is -0.00980. The molecule has 0 aliphatic heterocycles. The van der Waals surface area contributed by atoms with Gasteiger partial charge in [0, 0.05) is 43.8 Å². The summed E-state index contributed by atoms with van der Waals surface area (Å²) in [7, 11) is 0. The van der Waals surface area contributed by atoms with Gasteiger partial charge in [0.2, 0.25) is 0 Å². The monoisotopic (exact) mass is 610 g/mol. The second-order valence-electron chi connectivity index (χ2n) is 15.4. The minimum Gasteiger partial charge on any atom is -0.455 e. The Labute approximate surface area is 275 Å². The third kappa shape index (κ3) is 4.24. The maximum absolute atomic E-state index is 6.75. The first kappa shape index (κ1) is 28.2. The molecule has 0 amide bonds. The van der Waals surface area contributed by atoms with Crippen LogP contribution < -0.4 is 0 Å². The zero-order valence-corrected chi connectivity index (χ0v) is 27.9. The van der Waals surface area contributed by atoms with E-state index in [0.29, 0.717) is 0 Å². The van der Waals surface area contributed by atoms with Crippen molar-refractivity contribution in [2.75, 3.05) is 0 Å². The zero-order chi connectivity index (χ0) is 32.2. The molecule has 0 unspecified atom stereocenters. The number of benzene rings is 6. The molecule has 1 aliphatic rings. The fraction of sp³-hybridized carbons (Fsp3) is 0.200. The van der Waals surface area contributed by atoms with Crippen LogP contribution in [0.4, 0.5) is 0 Å². The normalized spacial score (nSPS) is 13.2. The van der Waals surface area contributed by atoms with Crippen LogP contribution in [0.25, 0.3) is 77.3 Å². The van der Waals surface area contributed by atoms with Gasteiger partial charge < -0.3 is 8.83 Å². The first-order valence-corrected chi connectivity index (χ1v) is 16.7. The molecular formula is C45H38O2. The third-order valence-corrected chi connectivity index (χ3v) is 10.2. The van der Waals surface area contributed by atoms with Gasteiger partial charge in [-0.3, -0.25) is 0 Å². The molecule has 0 bridgehead atoms. The van der Waals surface area contributed by atoms with E-state index in [1.165, 1.54) is 66.1 Å². The molecule has 230 valence electrons. The highest BCUT2D eigenvalue weighted by atomic mass is 16.3. The number of hydrogen-bond acceptors (Lipinski definition) is 2. The van der Waals surface area contributed by atoms with Crippen molar-refractivity contribution >= 4 is 43.9 Å². The minimum absolute atomic E-state index is 0.00980. The van der Waals surface area contributed by atoms with Crippen molar-refractivity contribution in [3.8, 4) is 33.4 Å². The summed E-state index contributed by atoms with van der Waals surface area (Å²) < 4.78 is 13.5. The lowest BCUT2D eigenvalue weighted by Gasteiger charge is -2.18. The molecule has 0 N–H and O–H groups in total. The van der Waals surface area contributed by atoms with E-state index < -0.39 is 0 Å². The van der Waals surface area contributed by atoms with Gasteiger partial charge in [-0.25, -0.2) is 0 Å². The van der Waals surface area contributed by atoms with E-state index >= 15 is 0 Å². The predicted molar refractivity (Wildman–Crippen MR) is 198 cm³/mol. The summed E-state index contributed by atoms with van der Waals surface area (Å²) in [4.78, 5) is 0. The smallest absolute Gasteiger partial charge is 0.143 e. The predicted octanol–water partition coefficient (Wildman–Crippen LogP) is 13.0. The number of furan rings is 2. The Kier molecular flexibility index (Phi) is 5.82. The summed E-state index contributed by atoms with van der Waals surface area (Å²) in [6.45, 7) is 13.5. The maximum atomic E-state index is 6.75. The lowest BCUT2D eigenvalue weighted by Crippen LogP contribution is -2.10. The van der Waals surface area contributed by atoms with Gasteiger partial charge >= 0.3 is 0 Å². The molecule has 0 saturated heterocycles. The largest absolute Gasteiger partial charge is 0.455 e. The summed E-state index contributed by atoms with van der Waals surface area (Å²) in [6, 6.07) is 40.1. The van der Waals surface area contributed by atoms with Crippen molar-refractivity contribution in [3.05, 3.63) is 131 Å². The van der Waals surface area contributed by atoms with Crippen molar-refractivity contribution in [2.45, 2.75) is 58.8 Å². The van der Waals surface area contributed by atoms with Crippen molar-refractivity contribution < 1.29 is 8.83 Å². The molecular weight excluding hydrogens is 572 g/mol. The summed E-state index contributed by atoms with van der Waals surface area (Å²) in [6.07, 6.45) is 0.943. The first-order chi connectivity index (χ1) is 22.6. The lowest BCUT2D eigenvalue weighted by atomic mass is 9.86. The molecule has 0 atom stereocenters. The summed E-state index contributed by atoms with van der Waals surface area (Å²) >= 11 is 0. The number of rotatable bonds is 2. The van der Waals surface area contributed by atoms with Crippen LogP contribution in [0.3, 0.4) is 0 Å². The van der Waals surface area contributed by atoms with Gasteiger partial charge in [0.25, 0.3) is 0 Å². The molecule has 1 aliphatic carbocycles. The highest BCUT2D eigenvalue weighted by molar-refractivity contribution is 6.12. The van der Waals surface area contributed by atoms with Crippen LogP contribution in [-0.2, 0) is 17.3 Å². The molecule has 0 spiro atoms. The van der Waals surface area contributed by atoms with Gasteiger partial charge in [-0.05, 0) is 62.8 Å². The Hall–Kier alpha value is -5.08. The number of fused-ring (bicyclic) bond motifs is 9. The average molecular weight is 611 g/mol. The van der Waals surface area contributed by atoms with Crippen LogP contribution in [0.1, 0.15) is 63.8 Å². The van der Waals surface area contributed by atoms with E-state index in [4.69, 9.17) is 8.83 Å². The Bertz CT molecular complexity index is 2380. The number of hydrogen-bond donors (Lipinski definition) is 0. The third-order valence-electron chi connectivity index (χ3n) is 10.2. The maximum Gasteiger partial charge on any atom is 0.143 e. The van der Waals surface area contributed by atoms with E-state index in [-0.39, 0.29) is 10.8 Å². The van der Waals surface area contributed by atoms with Gasteiger partial charge in [-0.2, -0.15) is 0 Å². The Morgan fingerprint density at radius 3 is 1.19 bits per heavy atom. The van der Waals surface area contributed by atoms with Gasteiger partial charge in [0.05, 0.1) is 0 Å². The van der Waals surface area contributed by atoms with Crippen LogP contribution in [0.15, 0.2) is 118 Å². The molecule has 2 heteroatoms. The van der Waals surface area contributed by atoms with Crippen molar-refractivity contribution in [1.29, 1.82) is 0 Å². The molecule has 9 rings (SSSR count). The molecule has 6 aromatic carbocycles. The standard InChI is InChI=1S/C45H38O2/c1-44(2,3)38-17-9-15-34-32-13-7-11-30(40(32)46-42(34)38)28-21-19-26-23-27-20-22-29(25-37(27)36(26)24-28)31-12-8-14-33-35-16-10-18-39(45(4,5)6)43(35)47-41(31)33/h7-22,24-25H,23H2,1-6H3. The quantitative estimate of drug-likeness (QED) is 0.195. The topological polar surface area (TPSA) is 26.3 Å². The fourth-order valence-corrected chi connectivity index (χ4v) is 7.78. The van der Waals surface area contributed by atoms with Gasteiger partial charge in [0.15, 0.2) is 0 Å². The van der Waals surface area contributed by atoms with Crippen LogP contribution in [-0.4, -0.2) is 0 Å². The molecule has 2 aromatic heterocycles. The molecule has 47 heavy (non-hydrogen) atoms. The molecule has 0 saturated carbocycles. The van der Waals surface area contributed by atoms with Gasteiger partial charge in [-0.1, -0.05) is 139 Å². The number of para-hydroxylation sites is 4. The Morgan fingerprint density at radius 2 is 0.787 bits per heavy atom. The summed E-state index contributed by atoms with van der Waals surface area (Å²) in [5, 5.41) is 4.69. The van der Waals surface area contributed by atoms with E-state index in [0.717, 1.165) is 39.9 Å². The van der Waals surface area contributed by atoms with Crippen molar-refractivity contribution in [1.82, 2.24) is 0 Å². The van der Waals surface area contributed by atoms with Crippen molar-refractivity contribution in [2.24, 2.45) is 0 Å². The van der Waals surface area contributed by atoms with Crippen LogP contribution >= 0.6 is 0 Å². The van der Waals surface area contributed by atoms with E-state index in [1.807, 2.05) is 0 Å². The van der Waals surface area contributed by atoms with E-state index in [2.05, 4.69) is 151 Å². The van der Waals surface area contributed by atoms with Crippen LogP contribution in [0.5, 0.6) is 0 Å². The zero-order valence-electron chi connectivity index (χ0n) is 27.9. The molecule has 0 radical (unpaired) electrons. The average Bonchev–Trinajstić information content (AvgIpc) is 3.74. The highest BCUT2D eigenvalue weighted by Crippen LogP contribution is 2.45.